The molecule has 0 spiro atoms. The van der Waals surface area contributed by atoms with Crippen LogP contribution in [0.3, 0.4) is 0 Å². The molecular formula is C13H17Cl2NO2. The van der Waals surface area contributed by atoms with Crippen LogP contribution >= 0.6 is 23.5 Å². The molecule has 0 aromatic heterocycles. The van der Waals surface area contributed by atoms with E-state index in [1.165, 1.54) is 0 Å². The van der Waals surface area contributed by atoms with Crippen LogP contribution in [0.2, 0.25) is 5.02 Å². The lowest BCUT2D eigenvalue weighted by Crippen LogP contribution is -2.46. The van der Waals surface area contributed by atoms with Crippen molar-refractivity contribution >= 4 is 29.3 Å². The van der Waals surface area contributed by atoms with Gasteiger partial charge in [0.1, 0.15) is 11.9 Å². The standard InChI is InChI=1S/C13H17Cl2NO2/c1-8(16-13(2,3)4)11(17)9-6-5-7-10(14)12(9)18-15/h5-8,16H,1-4H3. The van der Waals surface area contributed by atoms with Crippen LogP contribution < -0.4 is 9.61 Å². The maximum atomic E-state index is 12.3. The number of ketones is 1. The fraction of sp³-hybridized carbons (Fsp3) is 0.462. The molecule has 1 atom stereocenters. The second-order valence-electron chi connectivity index (χ2n) is 5.17. The van der Waals surface area contributed by atoms with Crippen molar-refractivity contribution in [3.8, 4) is 5.75 Å². The summed E-state index contributed by atoms with van der Waals surface area (Å²) in [6.07, 6.45) is 0. The Labute approximate surface area is 118 Å². The third kappa shape index (κ3) is 3.87. The molecule has 0 heterocycles. The quantitative estimate of drug-likeness (QED) is 0.856. The van der Waals surface area contributed by atoms with Crippen LogP contribution in [0.4, 0.5) is 0 Å². The summed E-state index contributed by atoms with van der Waals surface area (Å²) in [4.78, 5) is 12.3. The summed E-state index contributed by atoms with van der Waals surface area (Å²) < 4.78 is 4.67. The van der Waals surface area contributed by atoms with Gasteiger partial charge in [-0.25, -0.2) is 0 Å². The molecule has 0 aliphatic rings. The van der Waals surface area contributed by atoms with Gasteiger partial charge in [0.15, 0.2) is 11.5 Å². The van der Waals surface area contributed by atoms with E-state index in [1.54, 1.807) is 25.1 Å². The van der Waals surface area contributed by atoms with E-state index in [0.717, 1.165) is 0 Å². The molecule has 1 unspecified atom stereocenters. The number of halogens is 2. The lowest BCUT2D eigenvalue weighted by Gasteiger charge is -2.25. The predicted octanol–water partition coefficient (Wildman–Crippen LogP) is 3.83. The molecule has 1 aromatic rings. The molecule has 1 N–H and O–H groups in total. The Balaban J connectivity index is 3.01. The Morgan fingerprint density at radius 3 is 2.50 bits per heavy atom. The zero-order chi connectivity index (χ0) is 13.9. The minimum Gasteiger partial charge on any atom is -0.383 e. The fourth-order valence-electron chi connectivity index (χ4n) is 1.73. The first-order valence-corrected chi connectivity index (χ1v) is 6.34. The molecule has 100 valence electrons. The number of carbonyl (C=O) groups excluding carboxylic acids is 1. The number of rotatable bonds is 4. The van der Waals surface area contributed by atoms with Crippen LogP contribution in [0.5, 0.6) is 5.75 Å². The first kappa shape index (κ1) is 15.3. The second kappa shape index (κ2) is 5.91. The van der Waals surface area contributed by atoms with E-state index in [2.05, 4.69) is 9.61 Å². The van der Waals surface area contributed by atoms with Crippen molar-refractivity contribution in [1.82, 2.24) is 5.32 Å². The Bertz CT molecular complexity index is 441. The van der Waals surface area contributed by atoms with Crippen molar-refractivity contribution in [1.29, 1.82) is 0 Å². The van der Waals surface area contributed by atoms with Crippen LogP contribution in [-0.2, 0) is 0 Å². The first-order chi connectivity index (χ1) is 8.26. The van der Waals surface area contributed by atoms with Crippen molar-refractivity contribution in [2.45, 2.75) is 39.3 Å². The van der Waals surface area contributed by atoms with Crippen molar-refractivity contribution in [2.75, 3.05) is 0 Å². The maximum Gasteiger partial charge on any atom is 0.183 e. The van der Waals surface area contributed by atoms with Gasteiger partial charge in [-0.1, -0.05) is 17.7 Å². The molecule has 0 saturated carbocycles. The highest BCUT2D eigenvalue weighted by Gasteiger charge is 2.24. The number of hydrogen-bond acceptors (Lipinski definition) is 3. The summed E-state index contributed by atoms with van der Waals surface area (Å²) >= 11 is 11.3. The summed E-state index contributed by atoms with van der Waals surface area (Å²) in [6.45, 7) is 7.78. The lowest BCUT2D eigenvalue weighted by atomic mass is 10.0. The first-order valence-electron chi connectivity index (χ1n) is 5.65. The monoisotopic (exact) mass is 289 g/mol. The van der Waals surface area contributed by atoms with Gasteiger partial charge in [-0.2, -0.15) is 0 Å². The van der Waals surface area contributed by atoms with E-state index < -0.39 is 0 Å². The molecule has 0 saturated heterocycles. The maximum absolute atomic E-state index is 12.3. The molecule has 1 rings (SSSR count). The number of benzene rings is 1. The molecule has 0 radical (unpaired) electrons. The summed E-state index contributed by atoms with van der Waals surface area (Å²) in [5.74, 6) is 0.0940. The topological polar surface area (TPSA) is 38.3 Å². The molecule has 18 heavy (non-hydrogen) atoms. The highest BCUT2D eigenvalue weighted by molar-refractivity contribution is 6.33. The third-order valence-corrected chi connectivity index (χ3v) is 2.80. The van der Waals surface area contributed by atoms with Gasteiger partial charge in [0.25, 0.3) is 0 Å². The van der Waals surface area contributed by atoms with E-state index in [1.807, 2.05) is 20.8 Å². The van der Waals surface area contributed by atoms with Gasteiger partial charge in [-0.15, -0.1) is 0 Å². The summed E-state index contributed by atoms with van der Waals surface area (Å²) in [5, 5.41) is 3.52. The Morgan fingerprint density at radius 2 is 2.00 bits per heavy atom. The van der Waals surface area contributed by atoms with E-state index in [9.17, 15) is 4.79 Å². The van der Waals surface area contributed by atoms with Crippen molar-refractivity contribution in [3.63, 3.8) is 0 Å². The van der Waals surface area contributed by atoms with Gasteiger partial charge in [-0.3, -0.25) is 4.79 Å². The number of Topliss-reactive ketones (excluding diaryl/α,β-unsaturated/α-hetero) is 1. The van der Waals surface area contributed by atoms with Gasteiger partial charge in [0.05, 0.1) is 16.6 Å². The van der Waals surface area contributed by atoms with E-state index in [-0.39, 0.29) is 23.1 Å². The second-order valence-corrected chi connectivity index (χ2v) is 5.74. The van der Waals surface area contributed by atoms with Gasteiger partial charge in [0.2, 0.25) is 0 Å². The number of para-hydroxylation sites is 1. The van der Waals surface area contributed by atoms with E-state index >= 15 is 0 Å². The highest BCUT2D eigenvalue weighted by Crippen LogP contribution is 2.30. The minimum atomic E-state index is -0.353. The number of hydrogen-bond donors (Lipinski definition) is 1. The van der Waals surface area contributed by atoms with Crippen LogP contribution in [0.25, 0.3) is 0 Å². The van der Waals surface area contributed by atoms with Crippen LogP contribution in [-0.4, -0.2) is 17.4 Å². The lowest BCUT2D eigenvalue weighted by molar-refractivity contribution is 0.0934. The Morgan fingerprint density at radius 1 is 1.39 bits per heavy atom. The zero-order valence-corrected chi connectivity index (χ0v) is 12.4. The average molecular weight is 290 g/mol. The summed E-state index contributed by atoms with van der Waals surface area (Å²) in [5.41, 5.74) is 0.220. The molecule has 1 aromatic carbocycles. The molecule has 0 amide bonds. The third-order valence-electron chi connectivity index (χ3n) is 2.35. The number of carbonyl (C=O) groups is 1. The molecule has 5 heteroatoms. The van der Waals surface area contributed by atoms with Crippen molar-refractivity contribution in [2.24, 2.45) is 0 Å². The highest BCUT2D eigenvalue weighted by atomic mass is 35.5. The molecular weight excluding hydrogens is 273 g/mol. The van der Waals surface area contributed by atoms with Gasteiger partial charge in [0, 0.05) is 5.54 Å². The number of nitrogens with one attached hydrogen (secondary N) is 1. The summed E-state index contributed by atoms with van der Waals surface area (Å²) in [6, 6.07) is 4.61. The Kier molecular flexibility index (Phi) is 5.02. The van der Waals surface area contributed by atoms with Gasteiger partial charge < -0.3 is 9.61 Å². The normalized spacial score (nSPS) is 13.2. The Hall–Kier alpha value is -0.770. The molecule has 0 fully saturated rings. The summed E-state index contributed by atoms with van der Waals surface area (Å²) in [7, 11) is 0. The largest absolute Gasteiger partial charge is 0.383 e. The van der Waals surface area contributed by atoms with Crippen LogP contribution in [0.1, 0.15) is 38.1 Å². The average Bonchev–Trinajstić information content (AvgIpc) is 2.25. The molecule has 0 bridgehead atoms. The van der Waals surface area contributed by atoms with Gasteiger partial charge in [-0.05, 0) is 39.8 Å². The van der Waals surface area contributed by atoms with Gasteiger partial charge >= 0.3 is 0 Å². The van der Waals surface area contributed by atoms with E-state index in [4.69, 9.17) is 23.5 Å². The smallest absolute Gasteiger partial charge is 0.183 e. The molecule has 0 aliphatic heterocycles. The molecule has 3 nitrogen and oxygen atoms in total. The zero-order valence-electron chi connectivity index (χ0n) is 10.9. The van der Waals surface area contributed by atoms with Crippen LogP contribution in [0, 0.1) is 0 Å². The molecule has 0 aliphatic carbocycles. The van der Waals surface area contributed by atoms with Crippen molar-refractivity contribution < 1.29 is 9.08 Å². The van der Waals surface area contributed by atoms with Crippen LogP contribution in [0.15, 0.2) is 18.2 Å². The minimum absolute atomic E-state index is 0.108. The van der Waals surface area contributed by atoms with Crippen molar-refractivity contribution in [3.05, 3.63) is 28.8 Å². The van der Waals surface area contributed by atoms with E-state index in [0.29, 0.717) is 10.6 Å². The fourth-order valence-corrected chi connectivity index (χ4v) is 2.15. The SMILES string of the molecule is CC(NC(C)(C)C)C(=O)c1cccc(Cl)c1OCl. The predicted molar refractivity (Wildman–Crippen MR) is 74.6 cm³/mol.